The van der Waals surface area contributed by atoms with Crippen LogP contribution in [0.1, 0.15) is 5.01 Å². The number of nitrogens with zero attached hydrogens (tertiary/aromatic N) is 4. The largest absolute Gasteiger partial charge is 0.377 e. The van der Waals surface area contributed by atoms with E-state index in [2.05, 4.69) is 10.2 Å². The summed E-state index contributed by atoms with van der Waals surface area (Å²) in [5.74, 6) is 0. The van der Waals surface area contributed by atoms with Gasteiger partial charge in [-0.05, 0) is 0 Å². The van der Waals surface area contributed by atoms with E-state index in [4.69, 9.17) is 4.74 Å². The van der Waals surface area contributed by atoms with Crippen molar-refractivity contribution >= 4 is 22.5 Å². The Morgan fingerprint density at radius 3 is 2.94 bits per heavy atom. The van der Waals surface area contributed by atoms with Gasteiger partial charge in [0.15, 0.2) is 6.23 Å². The molecule has 0 bridgehead atoms. The van der Waals surface area contributed by atoms with Crippen LogP contribution in [0.2, 0.25) is 0 Å². The topological polar surface area (TPSA) is 78.8 Å². The zero-order valence-electron chi connectivity index (χ0n) is 8.95. The van der Waals surface area contributed by atoms with Crippen LogP contribution in [0.3, 0.4) is 0 Å². The normalized spacial score (nSPS) is 20.9. The van der Waals surface area contributed by atoms with Crippen LogP contribution in [0.4, 0.5) is 9.93 Å². The van der Waals surface area contributed by atoms with Crippen LogP contribution in [-0.2, 0) is 11.3 Å². The number of anilines is 1. The van der Waals surface area contributed by atoms with Gasteiger partial charge >= 0.3 is 6.03 Å². The number of hydrogen-bond acceptors (Lipinski definition) is 6. The number of carbonyl (C=O) groups excluding carboxylic acids is 1. The van der Waals surface area contributed by atoms with E-state index in [1.807, 2.05) is 0 Å². The first-order chi connectivity index (χ1) is 7.63. The number of rotatable bonds is 3. The fraction of sp³-hybridized carbons (Fsp3) is 0.625. The lowest BCUT2D eigenvalue weighted by Gasteiger charge is -2.14. The average Bonchev–Trinajstić information content (AvgIpc) is 2.75. The Kier molecular flexibility index (Phi) is 3.03. The van der Waals surface area contributed by atoms with Crippen molar-refractivity contribution in [2.24, 2.45) is 0 Å². The Balaban J connectivity index is 2.19. The molecular weight excluding hydrogens is 232 g/mol. The number of amides is 2. The number of likely N-dealkylation sites (N-methyl/N-ethyl adjacent to an activating group) is 1. The molecule has 0 aliphatic carbocycles. The summed E-state index contributed by atoms with van der Waals surface area (Å²) < 4.78 is 4.91. The lowest BCUT2D eigenvalue weighted by atomic mass is 10.5. The molecule has 1 aliphatic heterocycles. The predicted octanol–water partition coefficient (Wildman–Crippen LogP) is -0.125. The first-order valence-electron chi connectivity index (χ1n) is 4.67. The second-order valence-electron chi connectivity index (χ2n) is 3.43. The number of aliphatic hydroxyl groups is 1. The Morgan fingerprint density at radius 2 is 2.38 bits per heavy atom. The van der Waals surface area contributed by atoms with Crippen molar-refractivity contribution in [1.29, 1.82) is 0 Å². The van der Waals surface area contributed by atoms with Crippen LogP contribution in [0.5, 0.6) is 0 Å². The third-order valence-corrected chi connectivity index (χ3v) is 3.09. The van der Waals surface area contributed by atoms with Crippen LogP contribution in [-0.4, -0.2) is 53.2 Å². The van der Waals surface area contributed by atoms with Gasteiger partial charge in [0.1, 0.15) is 11.6 Å². The van der Waals surface area contributed by atoms with Crippen molar-refractivity contribution in [3.8, 4) is 0 Å². The summed E-state index contributed by atoms with van der Waals surface area (Å²) in [7, 11) is 3.19. The van der Waals surface area contributed by atoms with Crippen molar-refractivity contribution in [1.82, 2.24) is 15.1 Å². The molecule has 1 atom stereocenters. The molecule has 88 valence electrons. The summed E-state index contributed by atoms with van der Waals surface area (Å²) in [4.78, 5) is 14.3. The molecule has 0 aromatic carbocycles. The Bertz CT molecular complexity index is 396. The summed E-state index contributed by atoms with van der Waals surface area (Å²) in [5.41, 5.74) is 0. The van der Waals surface area contributed by atoms with Crippen molar-refractivity contribution in [2.45, 2.75) is 12.8 Å². The second kappa shape index (κ2) is 4.32. The zero-order chi connectivity index (χ0) is 11.7. The predicted molar refractivity (Wildman–Crippen MR) is 57.1 cm³/mol. The maximum Gasteiger partial charge on any atom is 0.328 e. The summed E-state index contributed by atoms with van der Waals surface area (Å²) in [6, 6.07) is -0.271. The van der Waals surface area contributed by atoms with E-state index < -0.39 is 6.23 Å². The number of ether oxygens (including phenoxy) is 1. The quantitative estimate of drug-likeness (QED) is 0.801. The number of aromatic nitrogens is 2. The third kappa shape index (κ3) is 1.86. The van der Waals surface area contributed by atoms with E-state index in [1.165, 1.54) is 21.1 Å². The van der Waals surface area contributed by atoms with Crippen molar-refractivity contribution < 1.29 is 14.6 Å². The highest BCUT2D eigenvalue weighted by atomic mass is 32.1. The number of hydrogen-bond donors (Lipinski definition) is 1. The molecule has 1 aromatic heterocycles. The number of aliphatic hydroxyl groups excluding tert-OH is 1. The fourth-order valence-electron chi connectivity index (χ4n) is 1.45. The third-order valence-electron chi connectivity index (χ3n) is 2.20. The van der Waals surface area contributed by atoms with Crippen LogP contribution < -0.4 is 4.90 Å². The molecule has 0 radical (unpaired) electrons. The van der Waals surface area contributed by atoms with Gasteiger partial charge in [0.2, 0.25) is 5.13 Å². The van der Waals surface area contributed by atoms with Crippen molar-refractivity contribution in [3.05, 3.63) is 5.01 Å². The van der Waals surface area contributed by atoms with Crippen molar-refractivity contribution in [2.75, 3.05) is 25.6 Å². The van der Waals surface area contributed by atoms with Crippen molar-refractivity contribution in [3.63, 3.8) is 0 Å². The zero-order valence-corrected chi connectivity index (χ0v) is 9.77. The number of urea groups is 1. The molecule has 0 spiro atoms. The molecule has 2 amide bonds. The SMILES string of the molecule is COCc1nnc(N2C(=O)N(C)CC2O)s1. The van der Waals surface area contributed by atoms with Gasteiger partial charge in [-0.15, -0.1) is 10.2 Å². The highest BCUT2D eigenvalue weighted by Gasteiger charge is 2.37. The average molecular weight is 244 g/mol. The monoisotopic (exact) mass is 244 g/mol. The molecule has 1 saturated heterocycles. The minimum Gasteiger partial charge on any atom is -0.377 e. The first-order valence-corrected chi connectivity index (χ1v) is 5.49. The smallest absolute Gasteiger partial charge is 0.328 e. The van der Waals surface area contributed by atoms with Gasteiger partial charge in [-0.2, -0.15) is 0 Å². The number of methoxy groups -OCH3 is 1. The Hall–Kier alpha value is -1.25. The van der Waals surface area contributed by atoms with E-state index >= 15 is 0 Å². The van der Waals surface area contributed by atoms with Gasteiger partial charge in [0.05, 0.1) is 6.54 Å². The molecule has 16 heavy (non-hydrogen) atoms. The molecular formula is C8H12N4O3S. The number of carbonyl (C=O) groups is 1. The van der Waals surface area contributed by atoms with Crippen LogP contribution in [0.25, 0.3) is 0 Å². The van der Waals surface area contributed by atoms with E-state index in [1.54, 1.807) is 14.2 Å². The maximum absolute atomic E-state index is 11.7. The van der Waals surface area contributed by atoms with E-state index in [9.17, 15) is 9.90 Å². The minimum atomic E-state index is -0.860. The highest BCUT2D eigenvalue weighted by Crippen LogP contribution is 2.26. The minimum absolute atomic E-state index is 0.271. The summed E-state index contributed by atoms with van der Waals surface area (Å²) in [6.07, 6.45) is -0.860. The van der Waals surface area contributed by atoms with E-state index in [0.717, 1.165) is 0 Å². The van der Waals surface area contributed by atoms with Gasteiger partial charge in [0, 0.05) is 14.2 Å². The van der Waals surface area contributed by atoms with Crippen LogP contribution in [0, 0.1) is 0 Å². The fourth-order valence-corrected chi connectivity index (χ4v) is 2.30. The molecule has 1 aliphatic rings. The molecule has 0 saturated carbocycles. The van der Waals surface area contributed by atoms with Gasteiger partial charge in [-0.1, -0.05) is 11.3 Å². The molecule has 1 fully saturated rings. The first kappa shape index (κ1) is 11.2. The Morgan fingerprint density at radius 1 is 1.62 bits per heavy atom. The lowest BCUT2D eigenvalue weighted by molar-refractivity contribution is 0.183. The summed E-state index contributed by atoms with van der Waals surface area (Å²) >= 11 is 1.24. The molecule has 8 heteroatoms. The second-order valence-corrected chi connectivity index (χ2v) is 4.47. The van der Waals surface area contributed by atoms with Gasteiger partial charge in [-0.3, -0.25) is 0 Å². The standard InChI is InChI=1S/C8H12N4O3S/c1-11-3-6(13)12(8(11)14)7-10-9-5(16-7)4-15-2/h6,13H,3-4H2,1-2H3. The van der Waals surface area contributed by atoms with E-state index in [0.29, 0.717) is 16.7 Å². The molecule has 2 heterocycles. The molecule has 7 nitrogen and oxygen atoms in total. The van der Waals surface area contributed by atoms with Crippen LogP contribution in [0.15, 0.2) is 0 Å². The summed E-state index contributed by atoms with van der Waals surface area (Å²) in [6.45, 7) is 0.629. The maximum atomic E-state index is 11.7. The molecule has 1 unspecified atom stereocenters. The molecule has 1 aromatic rings. The molecule has 2 rings (SSSR count). The van der Waals surface area contributed by atoms with Crippen LogP contribution >= 0.6 is 11.3 Å². The summed E-state index contributed by atoms with van der Waals surface area (Å²) in [5, 5.41) is 18.5. The molecule has 1 N–H and O–H groups in total. The van der Waals surface area contributed by atoms with E-state index in [-0.39, 0.29) is 12.6 Å². The van der Waals surface area contributed by atoms with Gasteiger partial charge in [0.25, 0.3) is 0 Å². The van der Waals surface area contributed by atoms with Gasteiger partial charge < -0.3 is 14.7 Å². The number of β-amino-alcohol motifs (C(OH)–C–C–N with tert-alkyl or cyclic N) is 1. The lowest BCUT2D eigenvalue weighted by Crippen LogP contribution is -2.34. The van der Waals surface area contributed by atoms with Gasteiger partial charge in [-0.25, -0.2) is 9.69 Å². The Labute approximate surface area is 96.3 Å². The highest BCUT2D eigenvalue weighted by molar-refractivity contribution is 7.15.